The van der Waals surface area contributed by atoms with Gasteiger partial charge >= 0.3 is 0 Å². The van der Waals surface area contributed by atoms with Gasteiger partial charge in [-0.15, -0.1) is 5.10 Å². The average molecular weight is 501 g/mol. The molecule has 5 aromatic rings. The van der Waals surface area contributed by atoms with E-state index in [-0.39, 0.29) is 5.82 Å². The van der Waals surface area contributed by atoms with Gasteiger partial charge in [-0.25, -0.2) is 9.67 Å². The molecule has 0 bridgehead atoms. The number of nitrogens with zero attached hydrogens (tertiary/aromatic N) is 3. The quantitative estimate of drug-likeness (QED) is 0.265. The summed E-state index contributed by atoms with van der Waals surface area (Å²) in [4.78, 5) is 17.5. The van der Waals surface area contributed by atoms with Crippen LogP contribution in [0.25, 0.3) is 17.1 Å². The highest BCUT2D eigenvalue weighted by atomic mass is 35.5. The Morgan fingerprint density at radius 2 is 1.43 bits per heavy atom. The third-order valence-corrected chi connectivity index (χ3v) is 5.82. The lowest BCUT2D eigenvalue weighted by Gasteiger charge is -2.07. The number of hydrogen-bond donors (Lipinski definition) is 1. The zero-order valence-electron chi connectivity index (χ0n) is 18.2. The second-order valence-corrected chi connectivity index (χ2v) is 8.34. The number of aromatic nitrogens is 3. The second-order valence-electron chi connectivity index (χ2n) is 7.53. The number of benzene rings is 4. The molecule has 0 radical (unpaired) electrons. The van der Waals surface area contributed by atoms with E-state index in [9.17, 15) is 4.79 Å². The summed E-state index contributed by atoms with van der Waals surface area (Å²) in [5.41, 5.74) is 2.02. The molecule has 4 aromatic carbocycles. The van der Waals surface area contributed by atoms with Crippen molar-refractivity contribution in [2.45, 2.75) is 0 Å². The Balaban J connectivity index is 1.41. The Morgan fingerprint density at radius 3 is 2.11 bits per heavy atom. The van der Waals surface area contributed by atoms with Gasteiger partial charge in [-0.3, -0.25) is 4.79 Å². The standard InChI is InChI=1S/C27H18Cl2N4O2/c28-23-16-13-20(17-24(23)29)33-26(18-7-3-1-4-8-18)31-25(32-33)27(34)30-19-11-14-22(15-12-19)35-21-9-5-2-6-10-21/h1-17H,(H,30,34). The van der Waals surface area contributed by atoms with Crippen molar-refractivity contribution in [3.05, 3.63) is 119 Å². The van der Waals surface area contributed by atoms with Gasteiger partial charge in [0.25, 0.3) is 5.91 Å². The van der Waals surface area contributed by atoms with Crippen molar-refractivity contribution >= 4 is 34.8 Å². The fraction of sp³-hybridized carbons (Fsp3) is 0. The SMILES string of the molecule is O=C(Nc1ccc(Oc2ccccc2)cc1)c1nc(-c2ccccc2)n(-c2ccc(Cl)c(Cl)c2)n1. The summed E-state index contributed by atoms with van der Waals surface area (Å²) in [6.07, 6.45) is 0. The van der Waals surface area contributed by atoms with Crippen molar-refractivity contribution < 1.29 is 9.53 Å². The van der Waals surface area contributed by atoms with Gasteiger partial charge in [0, 0.05) is 11.3 Å². The molecule has 0 saturated carbocycles. The van der Waals surface area contributed by atoms with Crippen LogP contribution in [0, 0.1) is 0 Å². The molecule has 0 fully saturated rings. The Hall–Kier alpha value is -4.13. The maximum Gasteiger partial charge on any atom is 0.295 e. The first-order chi connectivity index (χ1) is 17.1. The van der Waals surface area contributed by atoms with Gasteiger partial charge in [-0.1, -0.05) is 71.7 Å². The highest BCUT2D eigenvalue weighted by molar-refractivity contribution is 6.42. The molecule has 0 saturated heterocycles. The molecule has 1 amide bonds. The van der Waals surface area contributed by atoms with E-state index >= 15 is 0 Å². The number of rotatable bonds is 6. The number of hydrogen-bond acceptors (Lipinski definition) is 4. The van der Waals surface area contributed by atoms with Gasteiger partial charge < -0.3 is 10.1 Å². The number of para-hydroxylation sites is 1. The number of carbonyl (C=O) groups excluding carboxylic acids is 1. The van der Waals surface area contributed by atoms with E-state index in [1.54, 1.807) is 47.1 Å². The third-order valence-electron chi connectivity index (χ3n) is 5.08. The van der Waals surface area contributed by atoms with E-state index < -0.39 is 5.91 Å². The van der Waals surface area contributed by atoms with Crippen LogP contribution >= 0.6 is 23.2 Å². The van der Waals surface area contributed by atoms with Crippen LogP contribution in [0.15, 0.2) is 103 Å². The average Bonchev–Trinajstić information content (AvgIpc) is 3.34. The molecule has 0 atom stereocenters. The second kappa shape index (κ2) is 10.0. The Labute approximate surface area is 211 Å². The maximum absolute atomic E-state index is 13.0. The Morgan fingerprint density at radius 1 is 0.771 bits per heavy atom. The smallest absolute Gasteiger partial charge is 0.295 e. The molecule has 0 aliphatic heterocycles. The van der Waals surface area contributed by atoms with Crippen LogP contribution in [0.3, 0.4) is 0 Å². The Bertz CT molecular complexity index is 1470. The van der Waals surface area contributed by atoms with Crippen molar-refractivity contribution in [2.75, 3.05) is 5.32 Å². The fourth-order valence-electron chi connectivity index (χ4n) is 3.40. The summed E-state index contributed by atoms with van der Waals surface area (Å²) in [5, 5.41) is 8.10. The van der Waals surface area contributed by atoms with Crippen LogP contribution in [-0.2, 0) is 0 Å². The highest BCUT2D eigenvalue weighted by Crippen LogP contribution is 2.28. The van der Waals surface area contributed by atoms with Crippen LogP contribution in [0.4, 0.5) is 5.69 Å². The summed E-state index contributed by atoms with van der Waals surface area (Å²) in [7, 11) is 0. The topological polar surface area (TPSA) is 69.0 Å². The molecule has 35 heavy (non-hydrogen) atoms. The molecule has 1 N–H and O–H groups in total. The summed E-state index contributed by atoms with van der Waals surface area (Å²) < 4.78 is 7.37. The molecule has 1 heterocycles. The number of nitrogens with one attached hydrogen (secondary N) is 1. The van der Waals surface area contributed by atoms with Crippen LogP contribution < -0.4 is 10.1 Å². The molecule has 0 unspecified atom stereocenters. The van der Waals surface area contributed by atoms with Crippen molar-refractivity contribution in [1.82, 2.24) is 14.8 Å². The number of ether oxygens (including phenoxy) is 1. The van der Waals surface area contributed by atoms with E-state index in [4.69, 9.17) is 27.9 Å². The first-order valence-electron chi connectivity index (χ1n) is 10.7. The molecular formula is C27H18Cl2N4O2. The van der Waals surface area contributed by atoms with Crippen LogP contribution in [0.5, 0.6) is 11.5 Å². The zero-order chi connectivity index (χ0) is 24.2. The summed E-state index contributed by atoms with van der Waals surface area (Å²) in [6, 6.07) is 31.1. The van der Waals surface area contributed by atoms with Crippen molar-refractivity contribution in [1.29, 1.82) is 0 Å². The molecular weight excluding hydrogens is 483 g/mol. The summed E-state index contributed by atoms with van der Waals surface area (Å²) in [6.45, 7) is 0. The molecule has 0 spiro atoms. The van der Waals surface area contributed by atoms with Gasteiger partial charge in [0.15, 0.2) is 5.82 Å². The molecule has 6 nitrogen and oxygen atoms in total. The number of anilines is 1. The van der Waals surface area contributed by atoms with Gasteiger partial charge in [0.05, 0.1) is 15.7 Å². The highest BCUT2D eigenvalue weighted by Gasteiger charge is 2.19. The lowest BCUT2D eigenvalue weighted by molar-refractivity contribution is 0.101. The minimum atomic E-state index is -0.447. The van der Waals surface area contributed by atoms with Crippen molar-refractivity contribution in [3.63, 3.8) is 0 Å². The Kier molecular flexibility index (Phi) is 6.48. The first kappa shape index (κ1) is 22.7. The van der Waals surface area contributed by atoms with Crippen LogP contribution in [0.2, 0.25) is 10.0 Å². The minimum Gasteiger partial charge on any atom is -0.457 e. The predicted molar refractivity (Wildman–Crippen MR) is 138 cm³/mol. The third kappa shape index (κ3) is 5.19. The van der Waals surface area contributed by atoms with Gasteiger partial charge in [-0.2, -0.15) is 0 Å². The van der Waals surface area contributed by atoms with Gasteiger partial charge in [-0.05, 0) is 54.6 Å². The van der Waals surface area contributed by atoms with E-state index in [0.29, 0.717) is 33.0 Å². The van der Waals surface area contributed by atoms with E-state index in [1.807, 2.05) is 60.7 Å². The van der Waals surface area contributed by atoms with Crippen molar-refractivity contribution in [2.24, 2.45) is 0 Å². The summed E-state index contributed by atoms with van der Waals surface area (Å²) in [5.74, 6) is 1.45. The zero-order valence-corrected chi connectivity index (χ0v) is 19.7. The number of carbonyl (C=O) groups is 1. The maximum atomic E-state index is 13.0. The molecule has 1 aromatic heterocycles. The van der Waals surface area contributed by atoms with E-state index in [1.165, 1.54) is 0 Å². The molecule has 0 aliphatic rings. The van der Waals surface area contributed by atoms with Crippen LogP contribution in [0.1, 0.15) is 10.6 Å². The van der Waals surface area contributed by atoms with Gasteiger partial charge in [0.1, 0.15) is 11.5 Å². The first-order valence-corrected chi connectivity index (χ1v) is 11.4. The monoisotopic (exact) mass is 500 g/mol. The number of halogens is 2. The van der Waals surface area contributed by atoms with E-state index in [0.717, 1.165) is 11.3 Å². The number of amides is 1. The molecule has 172 valence electrons. The summed E-state index contributed by atoms with van der Waals surface area (Å²) >= 11 is 12.3. The molecule has 8 heteroatoms. The molecule has 0 aliphatic carbocycles. The predicted octanol–water partition coefficient (Wildman–Crippen LogP) is 7.29. The largest absolute Gasteiger partial charge is 0.457 e. The lowest BCUT2D eigenvalue weighted by atomic mass is 10.2. The lowest BCUT2D eigenvalue weighted by Crippen LogP contribution is -2.14. The normalized spacial score (nSPS) is 10.7. The minimum absolute atomic E-state index is 0.0135. The van der Waals surface area contributed by atoms with Crippen molar-refractivity contribution in [3.8, 4) is 28.6 Å². The molecule has 5 rings (SSSR count). The fourth-order valence-corrected chi connectivity index (χ4v) is 3.69. The van der Waals surface area contributed by atoms with Crippen LogP contribution in [-0.4, -0.2) is 20.7 Å². The van der Waals surface area contributed by atoms with Gasteiger partial charge in [0.2, 0.25) is 5.82 Å². The van der Waals surface area contributed by atoms with E-state index in [2.05, 4.69) is 15.4 Å².